The van der Waals surface area contributed by atoms with E-state index in [-0.39, 0.29) is 41.5 Å². The summed E-state index contributed by atoms with van der Waals surface area (Å²) in [6.07, 6.45) is -0.111. The number of aliphatic hydroxyl groups excluding tert-OH is 1. The molecule has 1 atom stereocenters. The summed E-state index contributed by atoms with van der Waals surface area (Å²) in [7, 11) is -3.44. The minimum absolute atomic E-state index is 0.0923. The zero-order valence-electron chi connectivity index (χ0n) is 11.7. The molecule has 0 aliphatic heterocycles. The smallest absolute Gasteiger partial charge is 0.221 e. The van der Waals surface area contributed by atoms with Crippen LogP contribution in [0.15, 0.2) is 35.2 Å². The zero-order valence-corrected chi connectivity index (χ0v) is 12.6. The van der Waals surface area contributed by atoms with Gasteiger partial charge in [0, 0.05) is 6.42 Å². The van der Waals surface area contributed by atoms with Gasteiger partial charge in [-0.25, -0.2) is 8.42 Å². The van der Waals surface area contributed by atoms with Crippen molar-refractivity contribution in [3.63, 3.8) is 0 Å². The Balaban J connectivity index is 2.57. The Hall–Kier alpha value is -1.40. The monoisotopic (exact) mass is 299 g/mol. The molecule has 0 aliphatic rings. The van der Waals surface area contributed by atoms with Gasteiger partial charge in [0.25, 0.3) is 0 Å². The van der Waals surface area contributed by atoms with Crippen molar-refractivity contribution in [2.75, 3.05) is 12.4 Å². The van der Waals surface area contributed by atoms with Crippen LogP contribution in [-0.2, 0) is 14.6 Å². The lowest BCUT2D eigenvalue weighted by Crippen LogP contribution is -2.41. The van der Waals surface area contributed by atoms with E-state index >= 15 is 0 Å². The molecular weight excluding hydrogens is 278 g/mol. The maximum absolute atomic E-state index is 12.0. The van der Waals surface area contributed by atoms with Gasteiger partial charge in [0.05, 0.1) is 23.3 Å². The summed E-state index contributed by atoms with van der Waals surface area (Å²) in [5.74, 6) is -0.508. The lowest BCUT2D eigenvalue weighted by molar-refractivity contribution is -0.122. The molecule has 1 aromatic rings. The van der Waals surface area contributed by atoms with Crippen LogP contribution in [0.1, 0.15) is 20.3 Å². The number of nitrogens with one attached hydrogen (secondary N) is 1. The summed E-state index contributed by atoms with van der Waals surface area (Å²) < 4.78 is 24.0. The number of hydrogen-bond acceptors (Lipinski definition) is 4. The quantitative estimate of drug-likeness (QED) is 0.786. The van der Waals surface area contributed by atoms with E-state index in [9.17, 15) is 13.2 Å². The maximum atomic E-state index is 12.0. The first-order chi connectivity index (χ1) is 9.36. The average molecular weight is 299 g/mol. The van der Waals surface area contributed by atoms with Crippen molar-refractivity contribution in [1.82, 2.24) is 5.32 Å². The Morgan fingerprint density at radius 3 is 2.35 bits per heavy atom. The van der Waals surface area contributed by atoms with Crippen LogP contribution in [0.5, 0.6) is 0 Å². The number of aliphatic hydroxyl groups is 1. The first kappa shape index (κ1) is 16.7. The summed E-state index contributed by atoms with van der Waals surface area (Å²) in [5.41, 5.74) is 0. The Bertz CT molecular complexity index is 525. The molecular formula is C14H21NO4S. The molecule has 0 aromatic heterocycles. The Labute approximate surface area is 119 Å². The van der Waals surface area contributed by atoms with Gasteiger partial charge >= 0.3 is 0 Å². The number of amides is 1. The van der Waals surface area contributed by atoms with Gasteiger partial charge in [0.1, 0.15) is 0 Å². The van der Waals surface area contributed by atoms with Crippen LogP contribution in [0, 0.1) is 5.92 Å². The van der Waals surface area contributed by atoms with E-state index in [4.69, 9.17) is 5.11 Å². The molecule has 0 saturated carbocycles. The highest BCUT2D eigenvalue weighted by Crippen LogP contribution is 2.11. The fraction of sp³-hybridized carbons (Fsp3) is 0.500. The number of carbonyl (C=O) groups is 1. The number of rotatable bonds is 7. The lowest BCUT2D eigenvalue weighted by atomic mass is 10.1. The summed E-state index contributed by atoms with van der Waals surface area (Å²) >= 11 is 0. The molecule has 6 heteroatoms. The summed E-state index contributed by atoms with van der Waals surface area (Å²) in [5, 5.41) is 11.8. The van der Waals surface area contributed by atoms with E-state index in [1.54, 1.807) is 18.2 Å². The largest absolute Gasteiger partial charge is 0.394 e. The molecule has 0 spiro atoms. The van der Waals surface area contributed by atoms with Crippen LogP contribution in [0.25, 0.3) is 0 Å². The highest BCUT2D eigenvalue weighted by Gasteiger charge is 2.19. The fourth-order valence-electron chi connectivity index (χ4n) is 1.67. The topological polar surface area (TPSA) is 83.5 Å². The minimum atomic E-state index is -3.44. The first-order valence-corrected chi connectivity index (χ1v) is 8.20. The van der Waals surface area contributed by atoms with E-state index in [1.165, 1.54) is 12.1 Å². The molecule has 1 rings (SSSR count). The second-order valence-corrected chi connectivity index (χ2v) is 7.09. The van der Waals surface area contributed by atoms with Gasteiger partial charge in [-0.15, -0.1) is 0 Å². The van der Waals surface area contributed by atoms with Crippen LogP contribution >= 0.6 is 0 Å². The summed E-state index contributed by atoms with van der Waals surface area (Å²) in [4.78, 5) is 11.9. The Morgan fingerprint density at radius 1 is 1.25 bits per heavy atom. The van der Waals surface area contributed by atoms with Crippen molar-refractivity contribution < 1.29 is 18.3 Å². The molecule has 1 amide bonds. The molecule has 1 aromatic carbocycles. The van der Waals surface area contributed by atoms with Crippen molar-refractivity contribution >= 4 is 15.7 Å². The molecule has 112 valence electrons. The van der Waals surface area contributed by atoms with Crippen molar-refractivity contribution in [2.45, 2.75) is 31.2 Å². The summed E-state index contributed by atoms with van der Waals surface area (Å²) in [6.45, 7) is 3.60. The molecule has 1 unspecified atom stereocenters. The van der Waals surface area contributed by atoms with Gasteiger partial charge in [-0.2, -0.15) is 0 Å². The van der Waals surface area contributed by atoms with Crippen LogP contribution in [0.2, 0.25) is 0 Å². The van der Waals surface area contributed by atoms with Crippen LogP contribution in [-0.4, -0.2) is 37.8 Å². The van der Waals surface area contributed by atoms with E-state index in [0.29, 0.717) is 0 Å². The molecule has 0 heterocycles. The predicted molar refractivity (Wildman–Crippen MR) is 77.0 cm³/mol. The number of hydrogen-bond donors (Lipinski definition) is 2. The number of benzene rings is 1. The van der Waals surface area contributed by atoms with E-state index in [1.807, 2.05) is 13.8 Å². The van der Waals surface area contributed by atoms with Crippen molar-refractivity contribution in [3.8, 4) is 0 Å². The van der Waals surface area contributed by atoms with Gasteiger partial charge in [-0.1, -0.05) is 32.0 Å². The Kier molecular flexibility index (Phi) is 6.16. The van der Waals surface area contributed by atoms with Gasteiger partial charge < -0.3 is 10.4 Å². The molecule has 0 saturated heterocycles. The normalized spacial score (nSPS) is 13.2. The van der Waals surface area contributed by atoms with Gasteiger partial charge in [0.15, 0.2) is 9.84 Å². The van der Waals surface area contributed by atoms with Gasteiger partial charge in [-0.3, -0.25) is 4.79 Å². The second-order valence-electron chi connectivity index (χ2n) is 4.98. The Morgan fingerprint density at radius 2 is 1.85 bits per heavy atom. The van der Waals surface area contributed by atoms with Crippen molar-refractivity contribution in [2.24, 2.45) is 5.92 Å². The highest BCUT2D eigenvalue weighted by molar-refractivity contribution is 7.91. The van der Waals surface area contributed by atoms with E-state index < -0.39 is 9.84 Å². The maximum Gasteiger partial charge on any atom is 0.221 e. The summed E-state index contributed by atoms with van der Waals surface area (Å²) in [6, 6.07) is 7.71. The third-order valence-electron chi connectivity index (χ3n) is 3.05. The van der Waals surface area contributed by atoms with Gasteiger partial charge in [0.2, 0.25) is 5.91 Å². The minimum Gasteiger partial charge on any atom is -0.394 e. The predicted octanol–water partition coefficient (Wildman–Crippen LogP) is 0.983. The molecule has 5 nitrogen and oxygen atoms in total. The third kappa shape index (κ3) is 4.94. The van der Waals surface area contributed by atoms with E-state index in [2.05, 4.69) is 5.32 Å². The second kappa shape index (κ2) is 7.40. The standard InChI is InChI=1S/C14H21NO4S/c1-11(2)13(10-16)15-14(17)8-9-20(18,19)12-6-4-3-5-7-12/h3-7,11,13,16H,8-10H2,1-2H3,(H,15,17). The molecule has 0 bridgehead atoms. The van der Waals surface area contributed by atoms with Crippen LogP contribution in [0.3, 0.4) is 0 Å². The van der Waals surface area contributed by atoms with Crippen molar-refractivity contribution in [1.29, 1.82) is 0 Å². The fourth-order valence-corrected chi connectivity index (χ4v) is 2.94. The molecule has 0 radical (unpaired) electrons. The highest BCUT2D eigenvalue weighted by atomic mass is 32.2. The molecule has 0 aliphatic carbocycles. The average Bonchev–Trinajstić information content (AvgIpc) is 2.43. The van der Waals surface area contributed by atoms with Crippen molar-refractivity contribution in [3.05, 3.63) is 30.3 Å². The van der Waals surface area contributed by atoms with Crippen LogP contribution in [0.4, 0.5) is 0 Å². The van der Waals surface area contributed by atoms with Gasteiger partial charge in [-0.05, 0) is 18.1 Å². The third-order valence-corrected chi connectivity index (χ3v) is 4.78. The molecule has 20 heavy (non-hydrogen) atoms. The SMILES string of the molecule is CC(C)C(CO)NC(=O)CCS(=O)(=O)c1ccccc1. The first-order valence-electron chi connectivity index (χ1n) is 6.55. The van der Waals surface area contributed by atoms with E-state index in [0.717, 1.165) is 0 Å². The zero-order chi connectivity index (χ0) is 15.2. The number of carbonyl (C=O) groups excluding carboxylic acids is 1. The molecule has 2 N–H and O–H groups in total. The van der Waals surface area contributed by atoms with Crippen LogP contribution < -0.4 is 5.32 Å². The number of sulfone groups is 1. The lowest BCUT2D eigenvalue weighted by Gasteiger charge is -2.19. The molecule has 0 fully saturated rings.